The molecule has 0 aliphatic carbocycles. The second-order valence-electron chi connectivity index (χ2n) is 3.93. The Balaban J connectivity index is 2.27. The summed E-state index contributed by atoms with van der Waals surface area (Å²) < 4.78 is 65.5. The second kappa shape index (κ2) is 5.66. The Kier molecular flexibility index (Phi) is 4.13. The van der Waals surface area contributed by atoms with Crippen molar-refractivity contribution in [1.82, 2.24) is 0 Å². The number of benzene rings is 2. The van der Waals surface area contributed by atoms with Crippen LogP contribution in [0.4, 0.5) is 27.6 Å². The molecule has 0 aliphatic rings. The number of rotatable bonds is 3. The highest BCUT2D eigenvalue weighted by molar-refractivity contribution is 6.31. The van der Waals surface area contributed by atoms with Crippen LogP contribution in [0.25, 0.3) is 0 Å². The summed E-state index contributed by atoms with van der Waals surface area (Å²) in [7, 11) is 0. The largest absolute Gasteiger partial charge is 0.376 e. The van der Waals surface area contributed by atoms with Crippen LogP contribution in [0, 0.1) is 29.1 Å². The number of anilines is 1. The van der Waals surface area contributed by atoms with Gasteiger partial charge in [-0.05, 0) is 17.7 Å². The van der Waals surface area contributed by atoms with Crippen LogP contribution in [0.5, 0.6) is 0 Å². The molecule has 0 amide bonds. The molecule has 0 radical (unpaired) electrons. The van der Waals surface area contributed by atoms with E-state index in [1.807, 2.05) is 0 Å². The highest BCUT2D eigenvalue weighted by Crippen LogP contribution is 2.25. The molecule has 0 saturated carbocycles. The van der Waals surface area contributed by atoms with E-state index < -0.39 is 34.8 Å². The van der Waals surface area contributed by atoms with Gasteiger partial charge >= 0.3 is 0 Å². The van der Waals surface area contributed by atoms with Crippen molar-refractivity contribution >= 4 is 17.3 Å². The predicted octanol–water partition coefficient (Wildman–Crippen LogP) is 4.65. The third-order valence-corrected chi connectivity index (χ3v) is 2.93. The highest BCUT2D eigenvalue weighted by atomic mass is 35.5. The maximum atomic E-state index is 13.4. The van der Waals surface area contributed by atoms with Gasteiger partial charge in [0, 0.05) is 17.6 Å². The lowest BCUT2D eigenvalue weighted by atomic mass is 10.2. The van der Waals surface area contributed by atoms with Crippen molar-refractivity contribution in [3.05, 3.63) is 63.9 Å². The van der Waals surface area contributed by atoms with Crippen molar-refractivity contribution in [2.24, 2.45) is 0 Å². The number of hydrogen-bond acceptors (Lipinski definition) is 1. The molecule has 1 nitrogen and oxygen atoms in total. The normalized spacial score (nSPS) is 10.7. The number of nitrogens with one attached hydrogen (secondary N) is 1. The van der Waals surface area contributed by atoms with E-state index in [0.717, 1.165) is 12.1 Å². The zero-order valence-corrected chi connectivity index (χ0v) is 10.5. The van der Waals surface area contributed by atoms with E-state index >= 15 is 0 Å². The average molecular weight is 308 g/mol. The van der Waals surface area contributed by atoms with E-state index in [9.17, 15) is 22.0 Å². The topological polar surface area (TPSA) is 12.0 Å². The molecular weight excluding hydrogens is 301 g/mol. The van der Waals surface area contributed by atoms with Gasteiger partial charge in [-0.15, -0.1) is 0 Å². The summed E-state index contributed by atoms with van der Waals surface area (Å²) >= 11 is 5.72. The van der Waals surface area contributed by atoms with Crippen LogP contribution < -0.4 is 5.32 Å². The van der Waals surface area contributed by atoms with Crippen LogP contribution in [0.15, 0.2) is 24.3 Å². The van der Waals surface area contributed by atoms with Gasteiger partial charge in [-0.3, -0.25) is 0 Å². The first-order valence-electron chi connectivity index (χ1n) is 5.41. The molecule has 0 aromatic heterocycles. The molecule has 0 fully saturated rings. The summed E-state index contributed by atoms with van der Waals surface area (Å²) in [6.45, 7) is -0.226. The Hall–Kier alpha value is -1.82. The smallest absolute Gasteiger partial charge is 0.185 e. The van der Waals surface area contributed by atoms with Crippen molar-refractivity contribution in [3.8, 4) is 0 Å². The molecule has 2 rings (SSSR count). The minimum absolute atomic E-state index is 0.0233. The number of halogens is 6. The third-order valence-electron chi connectivity index (χ3n) is 2.58. The van der Waals surface area contributed by atoms with Crippen molar-refractivity contribution in [1.29, 1.82) is 0 Å². The Labute approximate surface area is 116 Å². The van der Waals surface area contributed by atoms with E-state index in [1.165, 1.54) is 6.07 Å². The van der Waals surface area contributed by atoms with Crippen LogP contribution >= 0.6 is 11.6 Å². The Morgan fingerprint density at radius 3 is 2.05 bits per heavy atom. The van der Waals surface area contributed by atoms with Crippen molar-refractivity contribution in [3.63, 3.8) is 0 Å². The lowest BCUT2D eigenvalue weighted by molar-refractivity contribution is 0.458. The lowest BCUT2D eigenvalue weighted by Crippen LogP contribution is -2.07. The highest BCUT2D eigenvalue weighted by Gasteiger charge is 2.19. The Morgan fingerprint density at radius 2 is 1.50 bits per heavy atom. The molecule has 2 aromatic carbocycles. The molecule has 0 spiro atoms. The zero-order valence-electron chi connectivity index (χ0n) is 9.78. The van der Waals surface area contributed by atoms with Crippen molar-refractivity contribution in [2.45, 2.75) is 6.54 Å². The van der Waals surface area contributed by atoms with Crippen LogP contribution in [0.2, 0.25) is 5.02 Å². The van der Waals surface area contributed by atoms with Crippen LogP contribution in [-0.2, 0) is 6.54 Å². The second-order valence-corrected chi connectivity index (χ2v) is 4.34. The SMILES string of the molecule is Fc1ccc(CNc2c(F)c(F)cc(F)c2F)c(Cl)c1. The van der Waals surface area contributed by atoms with Gasteiger partial charge in [0.25, 0.3) is 0 Å². The number of hydrogen-bond donors (Lipinski definition) is 1. The summed E-state index contributed by atoms with van der Waals surface area (Å²) in [6, 6.07) is 3.51. The predicted molar refractivity (Wildman–Crippen MR) is 65.0 cm³/mol. The van der Waals surface area contributed by atoms with Gasteiger partial charge in [-0.25, -0.2) is 22.0 Å². The zero-order chi connectivity index (χ0) is 14.9. The van der Waals surface area contributed by atoms with E-state index in [0.29, 0.717) is 5.56 Å². The van der Waals surface area contributed by atoms with E-state index in [2.05, 4.69) is 5.32 Å². The van der Waals surface area contributed by atoms with Gasteiger partial charge in [-0.1, -0.05) is 17.7 Å². The summed E-state index contributed by atoms with van der Waals surface area (Å²) in [5.41, 5.74) is -0.626. The standard InChI is InChI=1S/C13H7ClF5N/c14-8-3-7(15)2-1-6(8)5-20-13-11(18)9(16)4-10(17)12(13)19/h1-4,20H,5H2. The van der Waals surface area contributed by atoms with Gasteiger partial charge in [0.15, 0.2) is 23.3 Å². The molecule has 1 N–H and O–H groups in total. The molecule has 0 unspecified atom stereocenters. The van der Waals surface area contributed by atoms with Gasteiger partial charge in [0.05, 0.1) is 0 Å². The van der Waals surface area contributed by atoms with Crippen LogP contribution in [-0.4, -0.2) is 0 Å². The molecule has 7 heteroatoms. The quantitative estimate of drug-likeness (QED) is 0.643. The molecule has 0 bridgehead atoms. The monoisotopic (exact) mass is 307 g/mol. The lowest BCUT2D eigenvalue weighted by Gasteiger charge is -2.11. The fraction of sp³-hybridized carbons (Fsp3) is 0.0769. The summed E-state index contributed by atoms with van der Waals surface area (Å²) in [5, 5.41) is 2.23. The molecule has 0 aliphatic heterocycles. The first kappa shape index (κ1) is 14.6. The van der Waals surface area contributed by atoms with E-state index in [-0.39, 0.29) is 17.6 Å². The fourth-order valence-electron chi connectivity index (χ4n) is 1.58. The summed E-state index contributed by atoms with van der Waals surface area (Å²) in [5.74, 6) is -6.69. The summed E-state index contributed by atoms with van der Waals surface area (Å²) in [6.07, 6.45) is 0. The van der Waals surface area contributed by atoms with E-state index in [4.69, 9.17) is 11.6 Å². The van der Waals surface area contributed by atoms with Gasteiger partial charge in [0.2, 0.25) is 0 Å². The Bertz CT molecular complexity index is 633. The molecule has 0 heterocycles. The van der Waals surface area contributed by atoms with Crippen LogP contribution in [0.3, 0.4) is 0 Å². The summed E-state index contributed by atoms with van der Waals surface area (Å²) in [4.78, 5) is 0. The average Bonchev–Trinajstić information content (AvgIpc) is 2.38. The minimum atomic E-state index is -1.54. The maximum absolute atomic E-state index is 13.4. The van der Waals surface area contributed by atoms with Gasteiger partial charge < -0.3 is 5.32 Å². The van der Waals surface area contributed by atoms with Gasteiger partial charge in [-0.2, -0.15) is 0 Å². The van der Waals surface area contributed by atoms with Crippen molar-refractivity contribution in [2.75, 3.05) is 5.32 Å². The van der Waals surface area contributed by atoms with E-state index in [1.54, 1.807) is 0 Å². The molecule has 106 valence electrons. The van der Waals surface area contributed by atoms with Crippen molar-refractivity contribution < 1.29 is 22.0 Å². The molecule has 20 heavy (non-hydrogen) atoms. The maximum Gasteiger partial charge on any atom is 0.185 e. The van der Waals surface area contributed by atoms with Crippen LogP contribution in [0.1, 0.15) is 5.56 Å². The third kappa shape index (κ3) is 2.85. The molecule has 0 saturated heterocycles. The minimum Gasteiger partial charge on any atom is -0.376 e. The first-order valence-corrected chi connectivity index (χ1v) is 5.78. The molecular formula is C13H7ClF5N. The fourth-order valence-corrected chi connectivity index (χ4v) is 1.81. The molecule has 2 aromatic rings. The molecule has 0 atom stereocenters. The Morgan fingerprint density at radius 1 is 0.900 bits per heavy atom. The van der Waals surface area contributed by atoms with Gasteiger partial charge in [0.1, 0.15) is 11.5 Å². The first-order chi connectivity index (χ1) is 9.40.